The number of nitrogens with one attached hydrogen (secondary N) is 2. The van der Waals surface area contributed by atoms with E-state index in [0.717, 1.165) is 31.3 Å². The molecular formula is C13H24N6. The fraction of sp³-hybridized carbons (Fsp3) is 0.692. The summed E-state index contributed by atoms with van der Waals surface area (Å²) in [5.41, 5.74) is 5.74. The number of nitrogens with two attached hydrogens (primary N) is 1. The third-order valence-electron chi connectivity index (χ3n) is 3.41. The maximum Gasteiger partial charge on any atom is 0.223 e. The van der Waals surface area contributed by atoms with Gasteiger partial charge in [-0.1, -0.05) is 6.92 Å². The lowest BCUT2D eigenvalue weighted by Gasteiger charge is -2.32. The first-order valence-electron chi connectivity index (χ1n) is 7.08. The summed E-state index contributed by atoms with van der Waals surface area (Å²) in [6.45, 7) is 8.43. The Morgan fingerprint density at radius 3 is 2.89 bits per heavy atom. The molecule has 0 bridgehead atoms. The van der Waals surface area contributed by atoms with Crippen LogP contribution in [0.3, 0.4) is 0 Å². The van der Waals surface area contributed by atoms with Crippen LogP contribution in [-0.4, -0.2) is 47.1 Å². The normalized spacial score (nSPS) is 20.2. The number of nitrogens with zero attached hydrogens (tertiary/aromatic N) is 3. The molecule has 0 aromatic carbocycles. The highest BCUT2D eigenvalue weighted by molar-refractivity contribution is 5.51. The summed E-state index contributed by atoms with van der Waals surface area (Å²) in [5, 5.41) is 6.64. The smallest absolute Gasteiger partial charge is 0.223 e. The number of hydrogen-bond acceptors (Lipinski definition) is 6. The third kappa shape index (κ3) is 3.96. The summed E-state index contributed by atoms with van der Waals surface area (Å²) < 4.78 is 0. The number of anilines is 3. The Hall–Kier alpha value is -1.56. The predicted octanol–water partition coefficient (Wildman–Crippen LogP) is 1.39. The molecule has 19 heavy (non-hydrogen) atoms. The van der Waals surface area contributed by atoms with Gasteiger partial charge in [0.1, 0.15) is 11.6 Å². The molecule has 6 heteroatoms. The van der Waals surface area contributed by atoms with Gasteiger partial charge in [0.15, 0.2) is 0 Å². The Balaban J connectivity index is 2.01. The zero-order valence-electron chi connectivity index (χ0n) is 11.8. The SMILES string of the molecule is CCNc1cc(NC2CCCN(CC)C2)nc(N)n1. The van der Waals surface area contributed by atoms with Gasteiger partial charge in [-0.15, -0.1) is 0 Å². The van der Waals surface area contributed by atoms with Crippen molar-refractivity contribution in [3.63, 3.8) is 0 Å². The van der Waals surface area contributed by atoms with E-state index in [9.17, 15) is 0 Å². The molecule has 1 aromatic rings. The van der Waals surface area contributed by atoms with Gasteiger partial charge in [0.25, 0.3) is 0 Å². The van der Waals surface area contributed by atoms with Crippen LogP contribution in [0, 0.1) is 0 Å². The van der Waals surface area contributed by atoms with E-state index in [2.05, 4.69) is 32.4 Å². The van der Waals surface area contributed by atoms with Crippen molar-refractivity contribution in [1.29, 1.82) is 0 Å². The molecule has 1 aliphatic rings. The molecular weight excluding hydrogens is 240 g/mol. The van der Waals surface area contributed by atoms with Gasteiger partial charge >= 0.3 is 0 Å². The molecule has 0 aliphatic carbocycles. The highest BCUT2D eigenvalue weighted by Gasteiger charge is 2.19. The van der Waals surface area contributed by atoms with Crippen LogP contribution in [0.4, 0.5) is 17.6 Å². The van der Waals surface area contributed by atoms with Crippen molar-refractivity contribution in [3.05, 3.63) is 6.07 Å². The Morgan fingerprint density at radius 2 is 2.16 bits per heavy atom. The Morgan fingerprint density at radius 1 is 1.37 bits per heavy atom. The minimum Gasteiger partial charge on any atom is -0.370 e. The summed E-state index contributed by atoms with van der Waals surface area (Å²) in [5.74, 6) is 1.90. The Bertz CT molecular complexity index is 408. The number of likely N-dealkylation sites (N-methyl/N-ethyl adjacent to an activating group) is 1. The van der Waals surface area contributed by atoms with Gasteiger partial charge in [-0.05, 0) is 32.9 Å². The van der Waals surface area contributed by atoms with Crippen molar-refractivity contribution in [2.45, 2.75) is 32.7 Å². The molecule has 6 nitrogen and oxygen atoms in total. The van der Waals surface area contributed by atoms with E-state index in [0.29, 0.717) is 12.0 Å². The van der Waals surface area contributed by atoms with E-state index in [4.69, 9.17) is 5.73 Å². The van der Waals surface area contributed by atoms with Gasteiger partial charge in [0, 0.05) is 25.2 Å². The minimum atomic E-state index is 0.309. The molecule has 1 atom stereocenters. The van der Waals surface area contributed by atoms with E-state index in [1.54, 1.807) is 0 Å². The van der Waals surface area contributed by atoms with E-state index < -0.39 is 0 Å². The molecule has 1 saturated heterocycles. The summed E-state index contributed by atoms with van der Waals surface area (Å²) in [4.78, 5) is 10.9. The molecule has 1 unspecified atom stereocenters. The zero-order chi connectivity index (χ0) is 13.7. The second-order valence-corrected chi connectivity index (χ2v) is 4.90. The fourth-order valence-electron chi connectivity index (χ4n) is 2.48. The van der Waals surface area contributed by atoms with Crippen molar-refractivity contribution in [1.82, 2.24) is 14.9 Å². The van der Waals surface area contributed by atoms with Gasteiger partial charge in [-0.2, -0.15) is 9.97 Å². The second-order valence-electron chi connectivity index (χ2n) is 4.90. The van der Waals surface area contributed by atoms with E-state index in [-0.39, 0.29) is 0 Å². The quantitative estimate of drug-likeness (QED) is 0.746. The van der Waals surface area contributed by atoms with Crippen molar-refractivity contribution in [2.24, 2.45) is 0 Å². The molecule has 0 spiro atoms. The molecule has 2 rings (SSSR count). The molecule has 1 aliphatic heterocycles. The molecule has 2 heterocycles. The Labute approximate surface area is 114 Å². The molecule has 0 radical (unpaired) electrons. The van der Waals surface area contributed by atoms with Crippen LogP contribution in [0.2, 0.25) is 0 Å². The molecule has 0 saturated carbocycles. The minimum absolute atomic E-state index is 0.309. The predicted molar refractivity (Wildman–Crippen MR) is 79.4 cm³/mol. The second kappa shape index (κ2) is 6.56. The first-order valence-corrected chi connectivity index (χ1v) is 7.08. The van der Waals surface area contributed by atoms with Crippen LogP contribution in [-0.2, 0) is 0 Å². The number of nitrogen functional groups attached to an aromatic ring is 1. The lowest BCUT2D eigenvalue weighted by atomic mass is 10.1. The molecule has 106 valence electrons. The molecule has 1 aromatic heterocycles. The number of likely N-dealkylation sites (tertiary alicyclic amines) is 1. The average molecular weight is 264 g/mol. The largest absolute Gasteiger partial charge is 0.370 e. The van der Waals surface area contributed by atoms with Crippen LogP contribution in [0.1, 0.15) is 26.7 Å². The van der Waals surface area contributed by atoms with Crippen LogP contribution in [0.25, 0.3) is 0 Å². The molecule has 1 fully saturated rings. The molecule has 4 N–H and O–H groups in total. The van der Waals surface area contributed by atoms with E-state index in [1.807, 2.05) is 13.0 Å². The van der Waals surface area contributed by atoms with Gasteiger partial charge in [0.05, 0.1) is 0 Å². The summed E-state index contributed by atoms with van der Waals surface area (Å²) in [7, 11) is 0. The van der Waals surface area contributed by atoms with Crippen molar-refractivity contribution >= 4 is 17.6 Å². The summed E-state index contributed by atoms with van der Waals surface area (Å²) in [6.07, 6.45) is 2.41. The van der Waals surface area contributed by atoms with Crippen LogP contribution >= 0.6 is 0 Å². The topological polar surface area (TPSA) is 79.1 Å². The molecule has 0 amide bonds. The van der Waals surface area contributed by atoms with Gasteiger partial charge in [-0.25, -0.2) is 0 Å². The fourth-order valence-corrected chi connectivity index (χ4v) is 2.48. The van der Waals surface area contributed by atoms with Gasteiger partial charge in [-0.3, -0.25) is 0 Å². The monoisotopic (exact) mass is 264 g/mol. The first-order chi connectivity index (χ1) is 9.21. The summed E-state index contributed by atoms with van der Waals surface area (Å²) >= 11 is 0. The number of piperidine rings is 1. The Kier molecular flexibility index (Phi) is 4.79. The number of aromatic nitrogens is 2. The maximum atomic E-state index is 5.74. The highest BCUT2D eigenvalue weighted by Crippen LogP contribution is 2.17. The maximum absolute atomic E-state index is 5.74. The number of rotatable bonds is 5. The lowest BCUT2D eigenvalue weighted by Crippen LogP contribution is -2.42. The van der Waals surface area contributed by atoms with Crippen molar-refractivity contribution in [3.8, 4) is 0 Å². The van der Waals surface area contributed by atoms with Gasteiger partial charge in [0.2, 0.25) is 5.95 Å². The average Bonchev–Trinajstić information content (AvgIpc) is 2.38. The third-order valence-corrected chi connectivity index (χ3v) is 3.41. The standard InChI is InChI=1S/C13H24N6/c1-3-15-11-8-12(18-13(14)17-11)16-10-6-5-7-19(4-2)9-10/h8,10H,3-7,9H2,1-2H3,(H4,14,15,16,17,18). The van der Waals surface area contributed by atoms with E-state index >= 15 is 0 Å². The van der Waals surface area contributed by atoms with Gasteiger partial charge < -0.3 is 21.3 Å². The van der Waals surface area contributed by atoms with Crippen molar-refractivity contribution < 1.29 is 0 Å². The van der Waals surface area contributed by atoms with Crippen LogP contribution in [0.15, 0.2) is 6.07 Å². The highest BCUT2D eigenvalue weighted by atomic mass is 15.2. The van der Waals surface area contributed by atoms with Crippen LogP contribution in [0.5, 0.6) is 0 Å². The zero-order valence-corrected chi connectivity index (χ0v) is 11.8. The van der Waals surface area contributed by atoms with Crippen LogP contribution < -0.4 is 16.4 Å². The number of hydrogen-bond donors (Lipinski definition) is 3. The summed E-state index contributed by atoms with van der Waals surface area (Å²) in [6, 6.07) is 2.36. The first kappa shape index (κ1) is 13.9. The van der Waals surface area contributed by atoms with E-state index in [1.165, 1.54) is 19.4 Å². The lowest BCUT2D eigenvalue weighted by molar-refractivity contribution is 0.226. The van der Waals surface area contributed by atoms with Crippen molar-refractivity contribution in [2.75, 3.05) is 42.5 Å².